The molecule has 0 aliphatic heterocycles. The van der Waals surface area contributed by atoms with Crippen LogP contribution in [0.2, 0.25) is 0 Å². The molecule has 0 radical (unpaired) electrons. The van der Waals surface area contributed by atoms with Crippen molar-refractivity contribution in [3.8, 4) is 33.6 Å². The monoisotopic (exact) mass is 511 g/mol. The van der Waals surface area contributed by atoms with Gasteiger partial charge in [0.1, 0.15) is 12.7 Å². The summed E-state index contributed by atoms with van der Waals surface area (Å²) in [5.74, 6) is 0. The van der Waals surface area contributed by atoms with E-state index in [0.29, 0.717) is 0 Å². The molecule has 0 spiro atoms. The van der Waals surface area contributed by atoms with E-state index in [1.165, 1.54) is 21.5 Å². The Labute approximate surface area is 229 Å². The molecule has 5 heteroatoms. The summed E-state index contributed by atoms with van der Waals surface area (Å²) in [7, 11) is 0. The highest BCUT2D eigenvalue weighted by Crippen LogP contribution is 2.34. The van der Waals surface area contributed by atoms with Gasteiger partial charge in [-0.05, 0) is 75.1 Å². The number of hydrogen-bond acceptors (Lipinski definition) is 5. The van der Waals surface area contributed by atoms with E-state index in [2.05, 4.69) is 111 Å². The van der Waals surface area contributed by atoms with Crippen LogP contribution in [0.3, 0.4) is 0 Å². The lowest BCUT2D eigenvalue weighted by Gasteiger charge is -2.12. The predicted octanol–water partition coefficient (Wildman–Crippen LogP) is 8.28. The van der Waals surface area contributed by atoms with Gasteiger partial charge in [-0.2, -0.15) is 0 Å². The lowest BCUT2D eigenvalue weighted by Crippen LogP contribution is -1.93. The van der Waals surface area contributed by atoms with Gasteiger partial charge in [-0.1, -0.05) is 60.7 Å². The van der Waals surface area contributed by atoms with Gasteiger partial charge in [-0.25, -0.2) is 24.9 Å². The van der Waals surface area contributed by atoms with E-state index in [4.69, 9.17) is 4.98 Å². The quantitative estimate of drug-likeness (QED) is 0.223. The van der Waals surface area contributed by atoms with Crippen LogP contribution in [0.5, 0.6) is 0 Å². The maximum absolute atomic E-state index is 5.13. The lowest BCUT2D eigenvalue weighted by atomic mass is 9.96. The summed E-state index contributed by atoms with van der Waals surface area (Å²) in [5, 5.41) is 6.91. The van der Waals surface area contributed by atoms with Gasteiger partial charge in [0.05, 0.1) is 22.4 Å². The van der Waals surface area contributed by atoms with Crippen molar-refractivity contribution in [1.29, 1.82) is 0 Å². The van der Waals surface area contributed by atoms with Crippen molar-refractivity contribution in [2.75, 3.05) is 0 Å². The molecule has 0 atom stereocenters. The number of fused-ring (bicyclic) bond motifs is 4. The Morgan fingerprint density at radius 1 is 0.375 bits per heavy atom. The third-order valence-electron chi connectivity index (χ3n) is 7.47. The minimum absolute atomic E-state index is 0.884. The lowest BCUT2D eigenvalue weighted by molar-refractivity contribution is 1.22. The molecule has 3 heterocycles. The summed E-state index contributed by atoms with van der Waals surface area (Å²) in [4.78, 5) is 22.4. The fourth-order valence-corrected chi connectivity index (χ4v) is 5.38. The van der Waals surface area contributed by atoms with Gasteiger partial charge in [0.25, 0.3) is 0 Å². The van der Waals surface area contributed by atoms with E-state index in [0.717, 1.165) is 55.4 Å². The van der Waals surface area contributed by atoms with Crippen molar-refractivity contribution < 1.29 is 0 Å². The Morgan fingerprint density at radius 3 is 1.52 bits per heavy atom. The molecule has 8 rings (SSSR count). The zero-order valence-corrected chi connectivity index (χ0v) is 21.4. The van der Waals surface area contributed by atoms with E-state index < -0.39 is 0 Å². The summed E-state index contributed by atoms with van der Waals surface area (Å²) in [6.07, 6.45) is 6.82. The van der Waals surface area contributed by atoms with E-state index in [9.17, 15) is 0 Å². The van der Waals surface area contributed by atoms with Crippen LogP contribution < -0.4 is 0 Å². The topological polar surface area (TPSA) is 64.5 Å². The highest BCUT2D eigenvalue weighted by molar-refractivity contribution is 6.00. The predicted molar refractivity (Wildman–Crippen MR) is 162 cm³/mol. The summed E-state index contributed by atoms with van der Waals surface area (Å²) in [6.45, 7) is 0. The molecule has 0 aliphatic rings. The molecule has 186 valence electrons. The summed E-state index contributed by atoms with van der Waals surface area (Å²) in [5.41, 5.74) is 7.79. The average Bonchev–Trinajstić information content (AvgIpc) is 3.02. The molecule has 5 nitrogen and oxygen atoms in total. The first-order valence-corrected chi connectivity index (χ1v) is 13.1. The van der Waals surface area contributed by atoms with E-state index >= 15 is 0 Å². The third-order valence-corrected chi connectivity index (χ3v) is 7.47. The Bertz CT molecular complexity index is 2140. The second kappa shape index (κ2) is 9.03. The normalized spacial score (nSPS) is 11.5. The molecule has 0 N–H and O–H groups in total. The van der Waals surface area contributed by atoms with Gasteiger partial charge in [0.2, 0.25) is 0 Å². The van der Waals surface area contributed by atoms with Crippen molar-refractivity contribution in [2.24, 2.45) is 0 Å². The summed E-state index contributed by atoms with van der Waals surface area (Å²) in [6, 6.07) is 36.4. The second-order valence-corrected chi connectivity index (χ2v) is 9.98. The van der Waals surface area contributed by atoms with Gasteiger partial charge in [-0.15, -0.1) is 0 Å². The fraction of sp³-hybridized carbons (Fsp3) is 0. The summed E-state index contributed by atoms with van der Waals surface area (Å²) < 4.78 is 0. The minimum atomic E-state index is 0.884. The van der Waals surface area contributed by atoms with Crippen LogP contribution >= 0.6 is 0 Å². The van der Waals surface area contributed by atoms with Gasteiger partial charge < -0.3 is 0 Å². The van der Waals surface area contributed by atoms with Gasteiger partial charge in [0.15, 0.2) is 0 Å². The highest BCUT2D eigenvalue weighted by Gasteiger charge is 2.12. The fourth-order valence-electron chi connectivity index (χ4n) is 5.38. The Balaban J connectivity index is 1.33. The van der Waals surface area contributed by atoms with Crippen LogP contribution in [-0.2, 0) is 0 Å². The van der Waals surface area contributed by atoms with Crippen LogP contribution in [0.4, 0.5) is 0 Å². The molecule has 0 saturated heterocycles. The van der Waals surface area contributed by atoms with E-state index in [1.54, 1.807) is 12.7 Å². The Hall–Kier alpha value is -5.55. The number of aromatic nitrogens is 5. The molecule has 40 heavy (non-hydrogen) atoms. The van der Waals surface area contributed by atoms with Crippen molar-refractivity contribution in [3.63, 3.8) is 0 Å². The number of hydrogen-bond donors (Lipinski definition) is 0. The maximum Gasteiger partial charge on any atom is 0.116 e. The smallest absolute Gasteiger partial charge is 0.116 e. The molecule has 3 aromatic heterocycles. The molecule has 0 aliphatic carbocycles. The Kier molecular flexibility index (Phi) is 5.07. The first-order chi connectivity index (χ1) is 19.8. The number of benzene rings is 5. The van der Waals surface area contributed by atoms with E-state index in [1.807, 2.05) is 24.5 Å². The van der Waals surface area contributed by atoms with Crippen LogP contribution in [0.25, 0.3) is 77.0 Å². The van der Waals surface area contributed by atoms with Crippen LogP contribution in [0.1, 0.15) is 0 Å². The molecule has 0 amide bonds. The molecule has 0 fully saturated rings. The highest BCUT2D eigenvalue weighted by atomic mass is 14.8. The first kappa shape index (κ1) is 22.4. The second-order valence-electron chi connectivity index (χ2n) is 9.98. The maximum atomic E-state index is 5.13. The van der Waals surface area contributed by atoms with Crippen LogP contribution in [-0.4, -0.2) is 24.9 Å². The number of pyridine rings is 1. The molecular formula is C35H21N5. The zero-order chi connectivity index (χ0) is 26.5. The van der Waals surface area contributed by atoms with Gasteiger partial charge in [-0.3, -0.25) is 0 Å². The molecular weight excluding hydrogens is 490 g/mol. The third kappa shape index (κ3) is 3.92. The van der Waals surface area contributed by atoms with Crippen molar-refractivity contribution in [1.82, 2.24) is 24.9 Å². The molecule has 0 saturated carbocycles. The van der Waals surface area contributed by atoms with E-state index in [-0.39, 0.29) is 0 Å². The first-order valence-electron chi connectivity index (χ1n) is 13.1. The zero-order valence-electron chi connectivity index (χ0n) is 21.4. The average molecular weight is 512 g/mol. The van der Waals surface area contributed by atoms with Crippen LogP contribution in [0.15, 0.2) is 128 Å². The Morgan fingerprint density at radius 2 is 0.900 bits per heavy atom. The van der Waals surface area contributed by atoms with Gasteiger partial charge >= 0.3 is 0 Å². The standard InChI is InChI=1S/C35H21N5/c1-2-4-23-12-30-13-25(6-5-24(30)11-22(23)3-1)31-16-34(26-7-9-28-18-36-20-38-32(28)14-26)40-35(17-31)27-8-10-29-19-37-21-39-33(29)15-27/h1-21H. The molecule has 0 unspecified atom stereocenters. The van der Waals surface area contributed by atoms with Crippen LogP contribution in [0, 0.1) is 0 Å². The minimum Gasteiger partial charge on any atom is -0.248 e. The van der Waals surface area contributed by atoms with Crippen molar-refractivity contribution in [2.45, 2.75) is 0 Å². The number of nitrogens with zero attached hydrogens (tertiary/aromatic N) is 5. The number of rotatable bonds is 3. The van der Waals surface area contributed by atoms with Crippen molar-refractivity contribution >= 4 is 43.4 Å². The molecule has 8 aromatic rings. The molecule has 5 aromatic carbocycles. The SMILES string of the molecule is c1ccc2cc3cc(-c4cc(-c5ccc6cncnc6c5)nc(-c5ccc6cncnc6c5)c4)ccc3cc2c1. The largest absolute Gasteiger partial charge is 0.248 e. The molecule has 0 bridgehead atoms. The summed E-state index contributed by atoms with van der Waals surface area (Å²) >= 11 is 0. The van der Waals surface area contributed by atoms with Gasteiger partial charge in [0, 0.05) is 34.3 Å². The van der Waals surface area contributed by atoms with Crippen molar-refractivity contribution in [3.05, 3.63) is 128 Å².